The maximum Gasteiger partial charge on any atom is 0.311 e. The van der Waals surface area contributed by atoms with Crippen molar-refractivity contribution >= 4 is 28.6 Å². The predicted molar refractivity (Wildman–Crippen MR) is 43.9 cm³/mol. The molecule has 1 rings (SSSR count). The van der Waals surface area contributed by atoms with E-state index < -0.39 is 6.10 Å². The molecule has 0 aromatic carbocycles. The van der Waals surface area contributed by atoms with Gasteiger partial charge in [0.15, 0.2) is 0 Å². The van der Waals surface area contributed by atoms with Crippen LogP contribution in [0.2, 0.25) is 0 Å². The van der Waals surface area contributed by atoms with Crippen molar-refractivity contribution in [1.29, 1.82) is 0 Å². The third-order valence-corrected chi connectivity index (χ3v) is 2.55. The Bertz CT molecular complexity index is 148. The van der Waals surface area contributed by atoms with Gasteiger partial charge in [-0.1, -0.05) is 22.6 Å². The Kier molecular flexibility index (Phi) is 2.51. The Balaban J connectivity index is 2.61. The molecule has 0 aliphatic carbocycles. The normalized spacial score (nSPS) is 39.9. The molecule has 0 spiro atoms. The van der Waals surface area contributed by atoms with Gasteiger partial charge in [-0.2, -0.15) is 0 Å². The number of alkyl halides is 1. The van der Waals surface area contributed by atoms with Crippen LogP contribution in [0.15, 0.2) is 0 Å². The molecule has 1 fully saturated rings. The Hall–Kier alpha value is 0.160. The van der Waals surface area contributed by atoms with E-state index in [1.54, 1.807) is 6.92 Å². The number of esters is 1. The maximum absolute atomic E-state index is 10.8. The highest BCUT2D eigenvalue weighted by Gasteiger charge is 2.39. The molecule has 0 aromatic rings. The number of carbonyl (C=O) groups excluding carboxylic acids is 1. The highest BCUT2D eigenvalue weighted by molar-refractivity contribution is 14.1. The van der Waals surface area contributed by atoms with E-state index >= 15 is 0 Å². The molecular weight excluding hydrogens is 247 g/mol. The lowest BCUT2D eigenvalue weighted by atomic mass is 10.1. The average molecular weight is 256 g/mol. The first-order valence-corrected chi connectivity index (χ1v) is 4.64. The fourth-order valence-electron chi connectivity index (χ4n) is 0.910. The zero-order chi connectivity index (χ0) is 7.72. The van der Waals surface area contributed by atoms with Crippen molar-refractivity contribution in [2.75, 3.05) is 4.43 Å². The summed E-state index contributed by atoms with van der Waals surface area (Å²) >= 11 is 2.09. The monoisotopic (exact) mass is 256 g/mol. The average Bonchev–Trinajstić information content (AvgIpc) is 2.17. The van der Waals surface area contributed by atoms with Crippen molar-refractivity contribution in [3.05, 3.63) is 0 Å². The number of ether oxygens (including phenoxy) is 1. The molecule has 1 aliphatic heterocycles. The first-order valence-electron chi connectivity index (χ1n) is 3.11. The molecule has 0 saturated carbocycles. The summed E-state index contributed by atoms with van der Waals surface area (Å²) in [6.45, 7) is 1.68. The largest absolute Gasteiger partial charge is 0.458 e. The van der Waals surface area contributed by atoms with Gasteiger partial charge in [0.25, 0.3) is 0 Å². The quantitative estimate of drug-likeness (QED) is 0.418. The molecule has 58 valence electrons. The van der Waals surface area contributed by atoms with Crippen LogP contribution in [0.3, 0.4) is 0 Å². The molecule has 1 saturated heterocycles. The van der Waals surface area contributed by atoms with Gasteiger partial charge in [-0.3, -0.25) is 4.79 Å². The summed E-state index contributed by atoms with van der Waals surface area (Å²) in [5.41, 5.74) is 0. The second kappa shape index (κ2) is 3.04. The second-order valence-corrected chi connectivity index (χ2v) is 3.29. The summed E-state index contributed by atoms with van der Waals surface area (Å²) in [6.07, 6.45) is -0.896. The molecule has 3 atom stereocenters. The van der Waals surface area contributed by atoms with Crippen LogP contribution in [0, 0.1) is 5.92 Å². The first kappa shape index (κ1) is 8.26. The highest BCUT2D eigenvalue weighted by atomic mass is 127. The number of cyclic esters (lactones) is 1. The minimum absolute atomic E-state index is 0.283. The molecular formula is C6H9IO3. The lowest BCUT2D eigenvalue weighted by Crippen LogP contribution is -2.26. The van der Waals surface area contributed by atoms with Gasteiger partial charge < -0.3 is 9.84 Å². The van der Waals surface area contributed by atoms with Crippen LogP contribution in [-0.2, 0) is 9.53 Å². The van der Waals surface area contributed by atoms with Crippen LogP contribution >= 0.6 is 22.6 Å². The van der Waals surface area contributed by atoms with Crippen molar-refractivity contribution in [2.45, 2.75) is 19.1 Å². The lowest BCUT2D eigenvalue weighted by Gasteiger charge is -2.09. The molecule has 0 aromatic heterocycles. The van der Waals surface area contributed by atoms with E-state index in [4.69, 9.17) is 4.74 Å². The Morgan fingerprint density at radius 3 is 2.60 bits per heavy atom. The number of hydrogen-bond acceptors (Lipinski definition) is 3. The van der Waals surface area contributed by atoms with Gasteiger partial charge in [0.05, 0.1) is 5.92 Å². The van der Waals surface area contributed by atoms with Gasteiger partial charge in [-0.15, -0.1) is 0 Å². The van der Waals surface area contributed by atoms with Crippen LogP contribution in [0.4, 0.5) is 0 Å². The number of aliphatic hydroxyl groups is 1. The molecule has 0 amide bonds. The fourth-order valence-corrected chi connectivity index (χ4v) is 1.61. The third-order valence-electron chi connectivity index (χ3n) is 1.68. The van der Waals surface area contributed by atoms with Gasteiger partial charge in [0.2, 0.25) is 0 Å². The summed E-state index contributed by atoms with van der Waals surface area (Å²) in [5.74, 6) is -0.631. The molecule has 0 radical (unpaired) electrons. The Morgan fingerprint density at radius 1 is 1.80 bits per heavy atom. The van der Waals surface area contributed by atoms with Crippen molar-refractivity contribution in [2.24, 2.45) is 5.92 Å². The van der Waals surface area contributed by atoms with Crippen molar-refractivity contribution in [3.8, 4) is 0 Å². The number of halogens is 1. The standard InChI is InChI=1S/C6H9IO3/c1-3-5(8)4(2-7)10-6(3)9/h3-5,8H,2H2,1H3/t3-,4+,5-/m0/s1. The van der Waals surface area contributed by atoms with Crippen LogP contribution in [0.5, 0.6) is 0 Å². The van der Waals surface area contributed by atoms with E-state index in [1.807, 2.05) is 0 Å². The summed E-state index contributed by atoms with van der Waals surface area (Å²) in [4.78, 5) is 10.8. The molecule has 1 heterocycles. The minimum Gasteiger partial charge on any atom is -0.458 e. The highest BCUT2D eigenvalue weighted by Crippen LogP contribution is 2.22. The molecule has 0 bridgehead atoms. The van der Waals surface area contributed by atoms with Crippen molar-refractivity contribution in [1.82, 2.24) is 0 Å². The van der Waals surface area contributed by atoms with Gasteiger partial charge in [-0.05, 0) is 6.92 Å². The summed E-state index contributed by atoms with van der Waals surface area (Å²) in [7, 11) is 0. The van der Waals surface area contributed by atoms with E-state index in [2.05, 4.69) is 22.6 Å². The first-order chi connectivity index (χ1) is 4.66. The number of carbonyl (C=O) groups is 1. The molecule has 0 unspecified atom stereocenters. The SMILES string of the molecule is C[C@@H]1C(=O)O[C@H](CI)[C@H]1O. The molecule has 1 aliphatic rings. The summed E-state index contributed by atoms with van der Waals surface area (Å²) in [6, 6.07) is 0. The van der Waals surface area contributed by atoms with Gasteiger partial charge in [-0.25, -0.2) is 0 Å². The van der Waals surface area contributed by atoms with Crippen LogP contribution in [0.1, 0.15) is 6.92 Å². The van der Waals surface area contributed by atoms with Crippen LogP contribution < -0.4 is 0 Å². The zero-order valence-electron chi connectivity index (χ0n) is 5.58. The van der Waals surface area contributed by atoms with E-state index in [1.165, 1.54) is 0 Å². The molecule has 10 heavy (non-hydrogen) atoms. The Morgan fingerprint density at radius 2 is 2.40 bits per heavy atom. The predicted octanol–water partition coefficient (Wildman–Crippen LogP) is 0.344. The van der Waals surface area contributed by atoms with Crippen LogP contribution in [-0.4, -0.2) is 27.7 Å². The number of rotatable bonds is 1. The topological polar surface area (TPSA) is 46.5 Å². The van der Waals surface area contributed by atoms with Gasteiger partial charge in [0, 0.05) is 4.43 Å². The van der Waals surface area contributed by atoms with Crippen LogP contribution in [0.25, 0.3) is 0 Å². The Labute approximate surface area is 72.9 Å². The maximum atomic E-state index is 10.8. The van der Waals surface area contributed by atoms with Crippen molar-refractivity contribution < 1.29 is 14.6 Å². The summed E-state index contributed by atoms with van der Waals surface area (Å²) in [5, 5.41) is 9.28. The second-order valence-electron chi connectivity index (χ2n) is 2.41. The van der Waals surface area contributed by atoms with E-state index in [-0.39, 0.29) is 18.0 Å². The smallest absolute Gasteiger partial charge is 0.311 e. The third kappa shape index (κ3) is 1.27. The van der Waals surface area contributed by atoms with E-state index in [9.17, 15) is 9.90 Å². The number of aliphatic hydroxyl groups excluding tert-OH is 1. The summed E-state index contributed by atoms with van der Waals surface area (Å²) < 4.78 is 5.50. The van der Waals surface area contributed by atoms with E-state index in [0.717, 1.165) is 0 Å². The molecule has 3 nitrogen and oxygen atoms in total. The lowest BCUT2D eigenvalue weighted by molar-refractivity contribution is -0.143. The van der Waals surface area contributed by atoms with E-state index in [0.29, 0.717) is 4.43 Å². The zero-order valence-corrected chi connectivity index (χ0v) is 7.74. The van der Waals surface area contributed by atoms with Crippen molar-refractivity contribution in [3.63, 3.8) is 0 Å². The number of hydrogen-bond donors (Lipinski definition) is 1. The minimum atomic E-state index is -0.607. The fraction of sp³-hybridized carbons (Fsp3) is 0.833. The van der Waals surface area contributed by atoms with Gasteiger partial charge in [0.1, 0.15) is 12.2 Å². The van der Waals surface area contributed by atoms with Gasteiger partial charge >= 0.3 is 5.97 Å². The molecule has 4 heteroatoms. The molecule has 1 N–H and O–H groups in total.